The molecule has 0 amide bonds. The van der Waals surface area contributed by atoms with E-state index < -0.39 is 0 Å². The van der Waals surface area contributed by atoms with Gasteiger partial charge in [0.25, 0.3) is 0 Å². The number of piperazine rings is 1. The maximum Gasteiger partial charge on any atom is 0.186 e. The highest BCUT2D eigenvalue weighted by Gasteiger charge is 2.29. The number of anilines is 1. The second-order valence-corrected chi connectivity index (χ2v) is 9.37. The van der Waals surface area contributed by atoms with E-state index in [2.05, 4.69) is 49.8 Å². The number of benzene rings is 1. The number of fused-ring (bicyclic) bond motifs is 1. The Morgan fingerprint density at radius 2 is 2.03 bits per heavy atom. The van der Waals surface area contributed by atoms with Crippen molar-refractivity contribution in [3.63, 3.8) is 0 Å². The number of thiazole rings is 1. The molecule has 0 N–H and O–H groups in total. The highest BCUT2D eigenvalue weighted by Crippen LogP contribution is 2.31. The highest BCUT2D eigenvalue weighted by atomic mass is 32.1. The molecule has 5 rings (SSSR count). The third-order valence-corrected chi connectivity index (χ3v) is 7.43. The first-order chi connectivity index (χ1) is 14.7. The summed E-state index contributed by atoms with van der Waals surface area (Å²) in [6, 6.07) is 9.13. The first kappa shape index (κ1) is 19.5. The van der Waals surface area contributed by atoms with Crippen LogP contribution in [-0.2, 0) is 6.54 Å². The van der Waals surface area contributed by atoms with Crippen molar-refractivity contribution in [1.82, 2.24) is 30.1 Å². The van der Waals surface area contributed by atoms with E-state index in [1.54, 1.807) is 34.8 Å². The number of rotatable bonds is 6. The number of thiophene rings is 1. The summed E-state index contributed by atoms with van der Waals surface area (Å²) in [5.74, 6) is 0.711. The maximum absolute atomic E-state index is 13.5. The van der Waals surface area contributed by atoms with E-state index >= 15 is 0 Å². The molecule has 0 spiro atoms. The van der Waals surface area contributed by atoms with Crippen LogP contribution >= 0.6 is 22.7 Å². The molecule has 0 bridgehead atoms. The van der Waals surface area contributed by atoms with Crippen LogP contribution in [0.4, 0.5) is 9.52 Å². The molecule has 156 valence electrons. The van der Waals surface area contributed by atoms with Crippen molar-refractivity contribution in [2.45, 2.75) is 25.9 Å². The van der Waals surface area contributed by atoms with Crippen LogP contribution in [0.5, 0.6) is 0 Å². The van der Waals surface area contributed by atoms with Crippen LogP contribution in [0.1, 0.15) is 30.1 Å². The Hall–Kier alpha value is -2.43. The Morgan fingerprint density at radius 1 is 1.17 bits per heavy atom. The molecule has 1 fully saturated rings. The molecular formula is C20H22FN7S2. The monoisotopic (exact) mass is 443 g/mol. The molecule has 10 heteroatoms. The van der Waals surface area contributed by atoms with Crippen LogP contribution in [0.2, 0.25) is 0 Å². The number of hydrogen-bond acceptors (Lipinski definition) is 8. The molecule has 0 radical (unpaired) electrons. The first-order valence-corrected chi connectivity index (χ1v) is 11.7. The summed E-state index contributed by atoms with van der Waals surface area (Å²) in [5, 5.41) is 15.6. The van der Waals surface area contributed by atoms with Crippen molar-refractivity contribution in [3.8, 4) is 0 Å². The predicted molar refractivity (Wildman–Crippen MR) is 118 cm³/mol. The largest absolute Gasteiger partial charge is 0.345 e. The summed E-state index contributed by atoms with van der Waals surface area (Å²) in [7, 11) is 0. The third-order valence-electron chi connectivity index (χ3n) is 5.49. The lowest BCUT2D eigenvalue weighted by Crippen LogP contribution is -2.48. The molecule has 0 aliphatic carbocycles. The number of hydrogen-bond donors (Lipinski definition) is 0. The van der Waals surface area contributed by atoms with Gasteiger partial charge >= 0.3 is 0 Å². The molecule has 1 atom stereocenters. The lowest BCUT2D eigenvalue weighted by molar-refractivity contribution is 0.169. The van der Waals surface area contributed by atoms with Crippen molar-refractivity contribution in [1.29, 1.82) is 0 Å². The second-order valence-electron chi connectivity index (χ2n) is 7.33. The standard InChI is InChI=1S/C20H22FN7S2/c1-2-17(19-23-24-25-28(19)13-15-4-3-11-29-15)26-7-9-27(10-8-26)20-22-16-6-5-14(21)12-18(16)30-20/h3-6,11-12,17H,2,7-10,13H2,1H3. The van der Waals surface area contributed by atoms with E-state index in [4.69, 9.17) is 4.98 Å². The first-order valence-electron chi connectivity index (χ1n) is 10.0. The van der Waals surface area contributed by atoms with Crippen LogP contribution in [0, 0.1) is 5.82 Å². The average Bonchev–Trinajstić information content (AvgIpc) is 3.51. The molecule has 30 heavy (non-hydrogen) atoms. The molecule has 1 unspecified atom stereocenters. The number of tetrazole rings is 1. The van der Waals surface area contributed by atoms with E-state index in [1.807, 2.05) is 4.68 Å². The lowest BCUT2D eigenvalue weighted by atomic mass is 10.1. The molecule has 1 aromatic carbocycles. The number of aromatic nitrogens is 5. The van der Waals surface area contributed by atoms with Gasteiger partial charge in [-0.05, 0) is 46.5 Å². The predicted octanol–water partition coefficient (Wildman–Crippen LogP) is 3.81. The van der Waals surface area contributed by atoms with Gasteiger partial charge in [-0.3, -0.25) is 4.90 Å². The zero-order chi connectivity index (χ0) is 20.5. The smallest absolute Gasteiger partial charge is 0.186 e. The van der Waals surface area contributed by atoms with Crippen LogP contribution in [-0.4, -0.2) is 56.3 Å². The van der Waals surface area contributed by atoms with E-state index in [0.717, 1.165) is 53.8 Å². The van der Waals surface area contributed by atoms with E-state index in [9.17, 15) is 4.39 Å². The molecule has 4 heterocycles. The summed E-state index contributed by atoms with van der Waals surface area (Å²) >= 11 is 3.28. The SMILES string of the molecule is CCC(c1nnnn1Cc1cccs1)N1CCN(c2nc3ccc(F)cc3s2)CC1. The minimum atomic E-state index is -0.214. The van der Waals surface area contributed by atoms with Crippen LogP contribution in [0.15, 0.2) is 35.7 Å². The normalized spacial score (nSPS) is 16.4. The van der Waals surface area contributed by atoms with Gasteiger partial charge in [-0.25, -0.2) is 14.1 Å². The third kappa shape index (κ3) is 3.82. The fourth-order valence-corrected chi connectivity index (χ4v) is 5.69. The van der Waals surface area contributed by atoms with Gasteiger partial charge < -0.3 is 4.90 Å². The van der Waals surface area contributed by atoms with Crippen molar-refractivity contribution < 1.29 is 4.39 Å². The zero-order valence-corrected chi connectivity index (χ0v) is 18.2. The second kappa shape index (κ2) is 8.37. The van der Waals surface area contributed by atoms with Gasteiger partial charge in [-0.1, -0.05) is 24.3 Å². The summed E-state index contributed by atoms with van der Waals surface area (Å²) in [5.41, 5.74) is 0.859. The van der Waals surface area contributed by atoms with Crippen molar-refractivity contribution >= 4 is 38.0 Å². The van der Waals surface area contributed by atoms with Gasteiger partial charge in [-0.2, -0.15) is 0 Å². The van der Waals surface area contributed by atoms with Gasteiger partial charge in [0.05, 0.1) is 22.8 Å². The average molecular weight is 444 g/mol. The summed E-state index contributed by atoms with van der Waals surface area (Å²) in [6.45, 7) is 6.47. The number of nitrogens with zero attached hydrogens (tertiary/aromatic N) is 7. The Labute approximate surface area is 181 Å². The molecule has 3 aromatic heterocycles. The minimum absolute atomic E-state index is 0.187. The van der Waals surface area contributed by atoms with E-state index in [0.29, 0.717) is 6.54 Å². The van der Waals surface area contributed by atoms with Gasteiger partial charge in [0.2, 0.25) is 0 Å². The van der Waals surface area contributed by atoms with E-state index in [1.165, 1.54) is 10.9 Å². The Kier molecular flexibility index (Phi) is 5.45. The quantitative estimate of drug-likeness (QED) is 0.452. The summed E-state index contributed by atoms with van der Waals surface area (Å²) in [4.78, 5) is 10.7. The van der Waals surface area contributed by atoms with E-state index in [-0.39, 0.29) is 11.9 Å². The van der Waals surface area contributed by atoms with Crippen LogP contribution < -0.4 is 4.90 Å². The minimum Gasteiger partial charge on any atom is -0.345 e. The maximum atomic E-state index is 13.5. The Morgan fingerprint density at radius 3 is 2.80 bits per heavy atom. The summed E-state index contributed by atoms with van der Waals surface area (Å²) in [6.07, 6.45) is 0.950. The van der Waals surface area contributed by atoms with Gasteiger partial charge in [0, 0.05) is 31.1 Å². The topological polar surface area (TPSA) is 63.0 Å². The Bertz CT molecular complexity index is 1120. The molecule has 1 saturated heterocycles. The molecule has 1 aliphatic rings. The van der Waals surface area contributed by atoms with Crippen LogP contribution in [0.25, 0.3) is 10.2 Å². The Balaban J connectivity index is 1.29. The van der Waals surface area contributed by atoms with Crippen molar-refractivity contribution in [2.24, 2.45) is 0 Å². The van der Waals surface area contributed by atoms with Gasteiger partial charge in [0.1, 0.15) is 5.82 Å². The van der Waals surface area contributed by atoms with Crippen molar-refractivity contribution in [2.75, 3.05) is 31.1 Å². The number of halogens is 1. The van der Waals surface area contributed by atoms with Crippen molar-refractivity contribution in [3.05, 3.63) is 52.2 Å². The summed E-state index contributed by atoms with van der Waals surface area (Å²) < 4.78 is 16.3. The van der Waals surface area contributed by atoms with Gasteiger partial charge in [-0.15, -0.1) is 16.4 Å². The molecular weight excluding hydrogens is 421 g/mol. The molecule has 4 aromatic rings. The fourth-order valence-electron chi connectivity index (χ4n) is 3.96. The molecule has 1 aliphatic heterocycles. The molecule has 0 saturated carbocycles. The zero-order valence-electron chi connectivity index (χ0n) is 16.6. The fraction of sp³-hybridized carbons (Fsp3) is 0.400. The van der Waals surface area contributed by atoms with Crippen LogP contribution in [0.3, 0.4) is 0 Å². The lowest BCUT2D eigenvalue weighted by Gasteiger charge is -2.38. The molecule has 7 nitrogen and oxygen atoms in total. The highest BCUT2D eigenvalue weighted by molar-refractivity contribution is 7.22. The van der Waals surface area contributed by atoms with Gasteiger partial charge in [0.15, 0.2) is 11.0 Å².